The van der Waals surface area contributed by atoms with Gasteiger partial charge in [0.1, 0.15) is 0 Å². The molecule has 8 heteroatoms. The van der Waals surface area contributed by atoms with Crippen LogP contribution in [0.15, 0.2) is 18.3 Å². The maximum Gasteiger partial charge on any atom is 0.250 e. The second kappa shape index (κ2) is 5.58. The van der Waals surface area contributed by atoms with E-state index in [2.05, 4.69) is 20.4 Å². The van der Waals surface area contributed by atoms with Gasteiger partial charge in [-0.3, -0.25) is 9.78 Å². The molecular weight excluding hydrogens is 252 g/mol. The maximum atomic E-state index is 11.2. The Bertz CT molecular complexity index is 555. The lowest BCUT2D eigenvalue weighted by atomic mass is 10.2. The van der Waals surface area contributed by atoms with Gasteiger partial charge in [-0.15, -0.1) is 22.0 Å². The number of nitrogens with two attached hydrogens (primary N) is 1. The molecule has 2 N–H and O–H groups in total. The minimum Gasteiger partial charge on any atom is -0.366 e. The molecule has 0 spiro atoms. The van der Waals surface area contributed by atoms with Crippen molar-refractivity contribution in [2.24, 2.45) is 12.8 Å². The van der Waals surface area contributed by atoms with Crippen molar-refractivity contribution in [3.05, 3.63) is 35.4 Å². The normalized spacial score (nSPS) is 10.5. The van der Waals surface area contributed by atoms with Crippen LogP contribution in [-0.2, 0) is 18.6 Å². The van der Waals surface area contributed by atoms with Gasteiger partial charge in [0.15, 0.2) is 5.82 Å². The first-order valence-electron chi connectivity index (χ1n) is 5.21. The summed E-state index contributed by atoms with van der Waals surface area (Å²) >= 11 is 1.56. The molecule has 0 saturated heterocycles. The Morgan fingerprint density at radius 1 is 1.50 bits per heavy atom. The number of hydrogen-bond acceptors (Lipinski definition) is 6. The molecule has 0 fully saturated rings. The van der Waals surface area contributed by atoms with Crippen molar-refractivity contribution in [3.63, 3.8) is 0 Å². The molecule has 0 aliphatic heterocycles. The fourth-order valence-electron chi connectivity index (χ4n) is 1.40. The van der Waals surface area contributed by atoms with Gasteiger partial charge in [-0.1, -0.05) is 0 Å². The molecule has 0 atom stereocenters. The van der Waals surface area contributed by atoms with Crippen molar-refractivity contribution in [1.29, 1.82) is 0 Å². The van der Waals surface area contributed by atoms with E-state index in [-0.39, 0.29) is 0 Å². The summed E-state index contributed by atoms with van der Waals surface area (Å²) in [6.07, 6.45) is 1.64. The van der Waals surface area contributed by atoms with E-state index in [1.165, 1.54) is 4.80 Å². The SMILES string of the molecule is Cn1nnc(CSCc2ncccc2C(N)=O)n1. The first kappa shape index (κ1) is 12.5. The van der Waals surface area contributed by atoms with Crippen molar-refractivity contribution in [2.75, 3.05) is 0 Å². The van der Waals surface area contributed by atoms with Gasteiger partial charge in [-0.2, -0.15) is 4.80 Å². The van der Waals surface area contributed by atoms with E-state index in [1.807, 2.05) is 0 Å². The number of rotatable bonds is 5. The molecule has 0 unspecified atom stereocenters. The van der Waals surface area contributed by atoms with Crippen molar-refractivity contribution in [1.82, 2.24) is 25.2 Å². The largest absolute Gasteiger partial charge is 0.366 e. The Labute approximate surface area is 108 Å². The fraction of sp³-hybridized carbons (Fsp3) is 0.300. The van der Waals surface area contributed by atoms with E-state index in [9.17, 15) is 4.79 Å². The molecule has 0 aromatic carbocycles. The van der Waals surface area contributed by atoms with Crippen LogP contribution in [0.2, 0.25) is 0 Å². The van der Waals surface area contributed by atoms with Gasteiger partial charge in [0.2, 0.25) is 0 Å². The van der Waals surface area contributed by atoms with E-state index in [1.54, 1.807) is 37.1 Å². The molecule has 94 valence electrons. The molecule has 2 aromatic rings. The topological polar surface area (TPSA) is 99.6 Å². The van der Waals surface area contributed by atoms with Gasteiger partial charge >= 0.3 is 0 Å². The number of tetrazole rings is 1. The van der Waals surface area contributed by atoms with E-state index in [4.69, 9.17) is 5.73 Å². The monoisotopic (exact) mass is 264 g/mol. The van der Waals surface area contributed by atoms with Crippen molar-refractivity contribution in [3.8, 4) is 0 Å². The highest BCUT2D eigenvalue weighted by atomic mass is 32.2. The summed E-state index contributed by atoms with van der Waals surface area (Å²) in [5, 5.41) is 11.7. The van der Waals surface area contributed by atoms with Gasteiger partial charge in [0.25, 0.3) is 5.91 Å². The summed E-state index contributed by atoms with van der Waals surface area (Å²) in [4.78, 5) is 16.8. The average Bonchev–Trinajstić information content (AvgIpc) is 2.75. The third kappa shape index (κ3) is 3.04. The minimum atomic E-state index is -0.462. The summed E-state index contributed by atoms with van der Waals surface area (Å²) in [5.41, 5.74) is 6.41. The van der Waals surface area contributed by atoms with Crippen molar-refractivity contribution >= 4 is 17.7 Å². The number of thioether (sulfide) groups is 1. The zero-order chi connectivity index (χ0) is 13.0. The zero-order valence-corrected chi connectivity index (χ0v) is 10.6. The maximum absolute atomic E-state index is 11.2. The molecule has 0 aliphatic carbocycles. The number of amides is 1. The highest BCUT2D eigenvalue weighted by molar-refractivity contribution is 7.97. The van der Waals surface area contributed by atoms with E-state index >= 15 is 0 Å². The Hall–Kier alpha value is -1.96. The molecular formula is C10H12N6OS. The number of aryl methyl sites for hydroxylation is 1. The van der Waals surface area contributed by atoms with Crippen LogP contribution in [0.25, 0.3) is 0 Å². The van der Waals surface area contributed by atoms with Crippen LogP contribution < -0.4 is 5.73 Å². The van der Waals surface area contributed by atoms with Gasteiger partial charge < -0.3 is 5.73 Å². The smallest absolute Gasteiger partial charge is 0.250 e. The van der Waals surface area contributed by atoms with Gasteiger partial charge in [0.05, 0.1) is 24.1 Å². The number of aromatic nitrogens is 5. The van der Waals surface area contributed by atoms with Gasteiger partial charge in [-0.05, 0) is 17.3 Å². The van der Waals surface area contributed by atoms with Crippen LogP contribution in [-0.4, -0.2) is 31.1 Å². The number of nitrogens with zero attached hydrogens (tertiary/aromatic N) is 5. The molecule has 0 saturated carbocycles. The Morgan fingerprint density at radius 2 is 2.33 bits per heavy atom. The molecule has 2 rings (SSSR count). The molecule has 0 radical (unpaired) electrons. The molecule has 7 nitrogen and oxygen atoms in total. The quantitative estimate of drug-likeness (QED) is 0.824. The third-order valence-electron chi connectivity index (χ3n) is 2.18. The summed E-state index contributed by atoms with van der Waals surface area (Å²) in [6, 6.07) is 3.37. The number of primary amides is 1. The summed E-state index contributed by atoms with van der Waals surface area (Å²) in [5.74, 6) is 1.38. The van der Waals surface area contributed by atoms with Crippen LogP contribution in [0, 0.1) is 0 Å². The number of pyridine rings is 1. The Kier molecular flexibility index (Phi) is 3.88. The second-order valence-electron chi connectivity index (χ2n) is 3.55. The lowest BCUT2D eigenvalue weighted by Crippen LogP contribution is -2.14. The Morgan fingerprint density at radius 3 is 3.00 bits per heavy atom. The van der Waals surface area contributed by atoms with Gasteiger partial charge in [-0.25, -0.2) is 0 Å². The summed E-state index contributed by atoms with van der Waals surface area (Å²) in [7, 11) is 1.71. The van der Waals surface area contributed by atoms with E-state index in [0.29, 0.717) is 28.6 Å². The first-order valence-corrected chi connectivity index (χ1v) is 6.36. The predicted molar refractivity (Wildman–Crippen MR) is 66.6 cm³/mol. The van der Waals surface area contributed by atoms with Crippen molar-refractivity contribution < 1.29 is 4.79 Å². The van der Waals surface area contributed by atoms with Crippen molar-refractivity contribution in [2.45, 2.75) is 11.5 Å². The molecule has 18 heavy (non-hydrogen) atoms. The second-order valence-corrected chi connectivity index (χ2v) is 4.54. The van der Waals surface area contributed by atoms with Gasteiger partial charge in [0, 0.05) is 11.9 Å². The number of hydrogen-bond donors (Lipinski definition) is 1. The minimum absolute atomic E-state index is 0.456. The number of carbonyl (C=O) groups excluding carboxylic acids is 1. The van der Waals surface area contributed by atoms with Crippen LogP contribution in [0.5, 0.6) is 0 Å². The van der Waals surface area contributed by atoms with Crippen LogP contribution in [0.1, 0.15) is 21.9 Å². The Balaban J connectivity index is 1.96. The highest BCUT2D eigenvalue weighted by Crippen LogP contribution is 2.16. The first-order chi connectivity index (χ1) is 8.66. The summed E-state index contributed by atoms with van der Waals surface area (Å²) < 4.78 is 0. The third-order valence-corrected chi connectivity index (χ3v) is 3.12. The molecule has 1 amide bonds. The van der Waals surface area contributed by atoms with E-state index in [0.717, 1.165) is 0 Å². The fourth-order valence-corrected chi connectivity index (χ4v) is 2.22. The summed E-state index contributed by atoms with van der Waals surface area (Å²) in [6.45, 7) is 0. The van der Waals surface area contributed by atoms with Crippen LogP contribution in [0.4, 0.5) is 0 Å². The van der Waals surface area contributed by atoms with Crippen LogP contribution in [0.3, 0.4) is 0 Å². The number of carbonyl (C=O) groups is 1. The van der Waals surface area contributed by atoms with E-state index < -0.39 is 5.91 Å². The molecule has 2 aromatic heterocycles. The average molecular weight is 264 g/mol. The molecule has 0 bridgehead atoms. The lowest BCUT2D eigenvalue weighted by Gasteiger charge is -2.03. The highest BCUT2D eigenvalue weighted by Gasteiger charge is 2.09. The van der Waals surface area contributed by atoms with Crippen LogP contribution >= 0.6 is 11.8 Å². The molecule has 0 aliphatic rings. The lowest BCUT2D eigenvalue weighted by molar-refractivity contribution is 0.0999. The standard InChI is InChI=1S/C10H12N6OS/c1-16-14-9(13-15-16)6-18-5-8-7(10(11)17)3-2-4-12-8/h2-4H,5-6H2,1H3,(H2,11,17). The zero-order valence-electron chi connectivity index (χ0n) is 9.78. The predicted octanol–water partition coefficient (Wildman–Crippen LogP) is 0.137. The molecule has 2 heterocycles.